The standard InChI is InChI=1S/C24H20N4O3S/c1-29-14-9-10-16(18(12-14)30-2)23-20-21(15-6-3-4-7-17(15)31-23)27-24-25-13-26-28(24)22(20)19-8-5-11-32-19/h3-13,22-23H,1-2H3,(H,25,26,27)/t22-,23-/m1/s1. The number of para-hydroxylation sites is 1. The number of fused-ring (bicyclic) bond motifs is 3. The predicted octanol–water partition coefficient (Wildman–Crippen LogP) is 4.92. The van der Waals surface area contributed by atoms with E-state index >= 15 is 0 Å². The molecule has 1 N–H and O–H groups in total. The van der Waals surface area contributed by atoms with Crippen LogP contribution in [0.25, 0.3) is 5.70 Å². The molecule has 0 unspecified atom stereocenters. The van der Waals surface area contributed by atoms with Crippen molar-refractivity contribution in [1.29, 1.82) is 0 Å². The predicted molar refractivity (Wildman–Crippen MR) is 122 cm³/mol. The molecule has 7 nitrogen and oxygen atoms in total. The number of benzene rings is 2. The Morgan fingerprint density at radius 1 is 1.06 bits per heavy atom. The third kappa shape index (κ3) is 2.80. The van der Waals surface area contributed by atoms with Crippen LogP contribution in [-0.2, 0) is 0 Å². The Morgan fingerprint density at radius 3 is 2.78 bits per heavy atom. The van der Waals surface area contributed by atoms with Crippen LogP contribution >= 0.6 is 11.3 Å². The summed E-state index contributed by atoms with van der Waals surface area (Å²) in [4.78, 5) is 5.62. The van der Waals surface area contributed by atoms with Crippen LogP contribution < -0.4 is 19.5 Å². The van der Waals surface area contributed by atoms with E-state index in [-0.39, 0.29) is 6.04 Å². The van der Waals surface area contributed by atoms with Crippen LogP contribution in [0.3, 0.4) is 0 Å². The van der Waals surface area contributed by atoms with Gasteiger partial charge in [0.1, 0.15) is 29.6 Å². The van der Waals surface area contributed by atoms with Crippen molar-refractivity contribution in [3.8, 4) is 17.2 Å². The van der Waals surface area contributed by atoms with E-state index in [2.05, 4.69) is 39.0 Å². The van der Waals surface area contributed by atoms with Gasteiger partial charge in [-0.25, -0.2) is 4.68 Å². The minimum absolute atomic E-state index is 0.158. The maximum atomic E-state index is 6.65. The lowest BCUT2D eigenvalue weighted by Crippen LogP contribution is -2.32. The number of hydrogen-bond donors (Lipinski definition) is 1. The SMILES string of the molecule is COc1ccc([C@H]2Oc3ccccc3C3=C2[C@@H](c2cccs2)n2ncnc2N3)c(OC)c1. The summed E-state index contributed by atoms with van der Waals surface area (Å²) in [5, 5.41) is 10.1. The Bertz CT molecular complexity index is 1330. The van der Waals surface area contributed by atoms with Crippen LogP contribution in [0.1, 0.15) is 28.1 Å². The van der Waals surface area contributed by atoms with Gasteiger partial charge in [-0.15, -0.1) is 11.3 Å². The van der Waals surface area contributed by atoms with Crippen molar-refractivity contribution in [3.05, 3.63) is 87.9 Å². The van der Waals surface area contributed by atoms with Gasteiger partial charge >= 0.3 is 0 Å². The van der Waals surface area contributed by atoms with E-state index in [4.69, 9.17) is 14.2 Å². The summed E-state index contributed by atoms with van der Waals surface area (Å²) >= 11 is 1.69. The summed E-state index contributed by atoms with van der Waals surface area (Å²) < 4.78 is 19.7. The van der Waals surface area contributed by atoms with Gasteiger partial charge in [-0.3, -0.25) is 0 Å². The molecule has 32 heavy (non-hydrogen) atoms. The van der Waals surface area contributed by atoms with Gasteiger partial charge < -0.3 is 19.5 Å². The van der Waals surface area contributed by atoms with Crippen molar-refractivity contribution in [3.63, 3.8) is 0 Å². The number of hydrogen-bond acceptors (Lipinski definition) is 7. The van der Waals surface area contributed by atoms with Gasteiger partial charge in [0.25, 0.3) is 0 Å². The van der Waals surface area contributed by atoms with Gasteiger partial charge in [0.15, 0.2) is 6.10 Å². The number of rotatable bonds is 4. The lowest BCUT2D eigenvalue weighted by Gasteiger charge is -2.38. The zero-order valence-corrected chi connectivity index (χ0v) is 18.3. The molecular weight excluding hydrogens is 424 g/mol. The molecular formula is C24H20N4O3S. The molecule has 0 aliphatic carbocycles. The average molecular weight is 445 g/mol. The number of nitrogens with zero attached hydrogens (tertiary/aromatic N) is 3. The quantitative estimate of drug-likeness (QED) is 0.482. The lowest BCUT2D eigenvalue weighted by molar-refractivity contribution is 0.218. The zero-order valence-electron chi connectivity index (χ0n) is 17.5. The van der Waals surface area contributed by atoms with Gasteiger partial charge in [0.05, 0.1) is 19.9 Å². The Balaban J connectivity index is 1.62. The van der Waals surface area contributed by atoms with Gasteiger partial charge in [-0.2, -0.15) is 10.1 Å². The average Bonchev–Trinajstić information content (AvgIpc) is 3.54. The van der Waals surface area contributed by atoms with Crippen molar-refractivity contribution in [1.82, 2.24) is 14.8 Å². The molecule has 0 spiro atoms. The van der Waals surface area contributed by atoms with Crippen LogP contribution in [0.15, 0.2) is 71.9 Å². The van der Waals surface area contributed by atoms with Crippen molar-refractivity contribution < 1.29 is 14.2 Å². The summed E-state index contributed by atoms with van der Waals surface area (Å²) in [6, 6.07) is 17.9. The number of anilines is 1. The molecule has 0 radical (unpaired) electrons. The third-order valence-electron chi connectivity index (χ3n) is 5.86. The molecule has 2 aliphatic rings. The van der Waals surface area contributed by atoms with Gasteiger partial charge in [0, 0.05) is 27.6 Å². The first-order valence-electron chi connectivity index (χ1n) is 10.2. The Kier molecular flexibility index (Phi) is 4.39. The summed E-state index contributed by atoms with van der Waals surface area (Å²) in [6.07, 6.45) is 1.19. The normalized spacial score (nSPS) is 18.7. The van der Waals surface area contributed by atoms with Crippen LogP contribution in [0.5, 0.6) is 17.2 Å². The summed E-state index contributed by atoms with van der Waals surface area (Å²) in [5.74, 6) is 2.94. The van der Waals surface area contributed by atoms with E-state index in [0.29, 0.717) is 11.7 Å². The fourth-order valence-electron chi connectivity index (χ4n) is 4.43. The van der Waals surface area contributed by atoms with Crippen LogP contribution in [-0.4, -0.2) is 29.0 Å². The summed E-state index contributed by atoms with van der Waals surface area (Å²) in [7, 11) is 3.31. The second kappa shape index (κ2) is 7.42. The minimum Gasteiger partial charge on any atom is -0.497 e. The molecule has 2 atom stereocenters. The minimum atomic E-state index is -0.391. The largest absolute Gasteiger partial charge is 0.497 e. The number of methoxy groups -OCH3 is 2. The molecule has 8 heteroatoms. The van der Waals surface area contributed by atoms with Crippen LogP contribution in [0.2, 0.25) is 0 Å². The summed E-state index contributed by atoms with van der Waals surface area (Å²) in [5.41, 5.74) is 3.98. The number of ether oxygens (including phenoxy) is 3. The van der Waals surface area contributed by atoms with E-state index in [1.807, 2.05) is 41.1 Å². The van der Waals surface area contributed by atoms with E-state index in [1.165, 1.54) is 0 Å². The number of nitrogens with one attached hydrogen (secondary N) is 1. The highest BCUT2D eigenvalue weighted by Gasteiger charge is 2.42. The molecule has 6 rings (SSSR count). The second-order valence-electron chi connectivity index (χ2n) is 7.50. The first kappa shape index (κ1) is 18.9. The highest BCUT2D eigenvalue weighted by molar-refractivity contribution is 7.10. The Hall–Kier alpha value is -3.78. The molecule has 2 aromatic heterocycles. The smallest absolute Gasteiger partial charge is 0.226 e. The molecule has 0 saturated carbocycles. The first-order valence-corrected chi connectivity index (χ1v) is 11.1. The Labute approximate surface area is 188 Å². The highest BCUT2D eigenvalue weighted by atomic mass is 32.1. The monoisotopic (exact) mass is 444 g/mol. The molecule has 0 fully saturated rings. The maximum Gasteiger partial charge on any atom is 0.226 e. The highest BCUT2D eigenvalue weighted by Crippen LogP contribution is 2.52. The Morgan fingerprint density at radius 2 is 1.97 bits per heavy atom. The van der Waals surface area contributed by atoms with Crippen molar-refractivity contribution in [2.75, 3.05) is 19.5 Å². The lowest BCUT2D eigenvalue weighted by atomic mass is 9.86. The van der Waals surface area contributed by atoms with E-state index < -0.39 is 6.10 Å². The van der Waals surface area contributed by atoms with Gasteiger partial charge in [-0.1, -0.05) is 18.2 Å². The van der Waals surface area contributed by atoms with E-state index in [9.17, 15) is 0 Å². The fraction of sp³-hybridized carbons (Fsp3) is 0.167. The van der Waals surface area contributed by atoms with Crippen LogP contribution in [0.4, 0.5) is 5.95 Å². The van der Waals surface area contributed by atoms with Crippen LogP contribution in [0, 0.1) is 0 Å². The van der Waals surface area contributed by atoms with Gasteiger partial charge in [0.2, 0.25) is 5.95 Å². The molecule has 2 aromatic carbocycles. The van der Waals surface area contributed by atoms with Gasteiger partial charge in [-0.05, 0) is 35.7 Å². The molecule has 4 heterocycles. The topological polar surface area (TPSA) is 70.4 Å². The van der Waals surface area contributed by atoms with Crippen molar-refractivity contribution >= 4 is 23.0 Å². The first-order chi connectivity index (χ1) is 15.8. The maximum absolute atomic E-state index is 6.65. The molecule has 4 aromatic rings. The number of aromatic nitrogens is 3. The fourth-order valence-corrected chi connectivity index (χ4v) is 5.26. The van der Waals surface area contributed by atoms with E-state index in [0.717, 1.165) is 38.8 Å². The molecule has 2 aliphatic heterocycles. The third-order valence-corrected chi connectivity index (χ3v) is 6.78. The molecule has 160 valence electrons. The molecule has 0 saturated heterocycles. The van der Waals surface area contributed by atoms with E-state index in [1.54, 1.807) is 31.9 Å². The second-order valence-corrected chi connectivity index (χ2v) is 8.48. The molecule has 0 bridgehead atoms. The zero-order chi connectivity index (χ0) is 21.7. The van der Waals surface area contributed by atoms with Crippen molar-refractivity contribution in [2.45, 2.75) is 12.1 Å². The van der Waals surface area contributed by atoms with Crippen molar-refractivity contribution in [2.24, 2.45) is 0 Å². The molecule has 0 amide bonds. The summed E-state index contributed by atoms with van der Waals surface area (Å²) in [6.45, 7) is 0. The number of thiophene rings is 1.